The van der Waals surface area contributed by atoms with E-state index in [0.717, 1.165) is 5.56 Å². The van der Waals surface area contributed by atoms with Gasteiger partial charge in [0.2, 0.25) is 10.0 Å². The molecular formula is C14H18N2O3S. The number of sulfonamides is 1. The number of nitrogens with one attached hydrogen (secondary N) is 1. The fourth-order valence-corrected chi connectivity index (χ4v) is 3.43. The molecule has 3 N–H and O–H groups in total. The second-order valence-corrected chi connectivity index (χ2v) is 6.37. The van der Waals surface area contributed by atoms with Crippen LogP contribution in [-0.4, -0.2) is 34.2 Å². The van der Waals surface area contributed by atoms with Crippen LogP contribution in [0, 0.1) is 18.8 Å². The number of nitrogens with two attached hydrogens (primary N) is 1. The summed E-state index contributed by atoms with van der Waals surface area (Å²) in [5.41, 5.74) is 6.78. The highest BCUT2D eigenvalue weighted by Crippen LogP contribution is 2.18. The molecule has 1 aliphatic rings. The highest BCUT2D eigenvalue weighted by molar-refractivity contribution is 7.89. The molecule has 1 saturated heterocycles. The van der Waals surface area contributed by atoms with Crippen LogP contribution in [0.1, 0.15) is 17.5 Å². The van der Waals surface area contributed by atoms with Crippen molar-refractivity contribution in [3.05, 3.63) is 29.3 Å². The van der Waals surface area contributed by atoms with Gasteiger partial charge >= 0.3 is 0 Å². The van der Waals surface area contributed by atoms with E-state index in [-0.39, 0.29) is 17.5 Å². The maximum Gasteiger partial charge on any atom is 0.242 e. The van der Waals surface area contributed by atoms with Crippen LogP contribution in [0.15, 0.2) is 23.1 Å². The molecule has 1 aliphatic heterocycles. The molecule has 1 aromatic rings. The van der Waals surface area contributed by atoms with E-state index in [2.05, 4.69) is 16.6 Å². The van der Waals surface area contributed by atoms with Crippen molar-refractivity contribution in [2.24, 2.45) is 5.73 Å². The quantitative estimate of drug-likeness (QED) is 0.789. The zero-order chi connectivity index (χ0) is 14.6. The molecule has 0 amide bonds. The van der Waals surface area contributed by atoms with Gasteiger partial charge in [0.1, 0.15) is 0 Å². The minimum atomic E-state index is -3.59. The molecule has 5 nitrogen and oxygen atoms in total. The number of hydrogen-bond donors (Lipinski definition) is 2. The lowest BCUT2D eigenvalue weighted by molar-refractivity contribution is 0.192. The number of hydrogen-bond acceptors (Lipinski definition) is 4. The molecule has 6 heteroatoms. The Morgan fingerprint density at radius 3 is 2.95 bits per heavy atom. The van der Waals surface area contributed by atoms with Gasteiger partial charge in [-0.15, -0.1) is 0 Å². The average Bonchev–Trinajstić information content (AvgIpc) is 2.88. The molecule has 108 valence electrons. The Morgan fingerprint density at radius 1 is 1.50 bits per heavy atom. The third-order valence-electron chi connectivity index (χ3n) is 3.00. The van der Waals surface area contributed by atoms with E-state index < -0.39 is 10.0 Å². The van der Waals surface area contributed by atoms with E-state index in [1.54, 1.807) is 18.2 Å². The molecule has 1 aromatic carbocycles. The van der Waals surface area contributed by atoms with Gasteiger partial charge in [-0.1, -0.05) is 17.9 Å². The Hall–Kier alpha value is -1.39. The van der Waals surface area contributed by atoms with Crippen LogP contribution in [0.2, 0.25) is 0 Å². The normalized spacial score (nSPS) is 18.6. The lowest BCUT2D eigenvalue weighted by Crippen LogP contribution is -2.35. The Bertz CT molecular complexity index is 638. The van der Waals surface area contributed by atoms with E-state index >= 15 is 0 Å². The SMILES string of the molecule is Cc1ccc(S(=O)(=O)NC2CCOC2)c(C#CCN)c1. The molecule has 0 saturated carbocycles. The zero-order valence-electron chi connectivity index (χ0n) is 11.3. The van der Waals surface area contributed by atoms with E-state index in [4.69, 9.17) is 10.5 Å². The maximum absolute atomic E-state index is 12.4. The molecule has 0 aliphatic carbocycles. The van der Waals surface area contributed by atoms with Crippen LogP contribution in [0.4, 0.5) is 0 Å². The van der Waals surface area contributed by atoms with Crippen molar-refractivity contribution >= 4 is 10.0 Å². The monoisotopic (exact) mass is 294 g/mol. The first-order chi connectivity index (χ1) is 9.53. The van der Waals surface area contributed by atoms with Crippen LogP contribution < -0.4 is 10.5 Å². The Labute approximate surface area is 119 Å². The summed E-state index contributed by atoms with van der Waals surface area (Å²) in [7, 11) is -3.59. The minimum Gasteiger partial charge on any atom is -0.380 e. The first-order valence-electron chi connectivity index (χ1n) is 6.42. The van der Waals surface area contributed by atoms with Gasteiger partial charge < -0.3 is 10.5 Å². The summed E-state index contributed by atoms with van der Waals surface area (Å²) >= 11 is 0. The number of rotatable bonds is 3. The van der Waals surface area contributed by atoms with Crippen LogP contribution in [0.25, 0.3) is 0 Å². The van der Waals surface area contributed by atoms with E-state index in [1.807, 2.05) is 6.92 Å². The van der Waals surface area contributed by atoms with Crippen molar-refractivity contribution in [2.75, 3.05) is 19.8 Å². The average molecular weight is 294 g/mol. The largest absolute Gasteiger partial charge is 0.380 e. The molecular weight excluding hydrogens is 276 g/mol. The van der Waals surface area contributed by atoms with Crippen LogP contribution in [0.5, 0.6) is 0 Å². The van der Waals surface area contributed by atoms with Crippen LogP contribution >= 0.6 is 0 Å². The summed E-state index contributed by atoms with van der Waals surface area (Å²) in [6, 6.07) is 4.92. The van der Waals surface area contributed by atoms with Gasteiger partial charge in [0.15, 0.2) is 0 Å². The highest BCUT2D eigenvalue weighted by atomic mass is 32.2. The standard InChI is InChI=1S/C14H18N2O3S/c1-11-4-5-14(12(9-11)3-2-7-15)20(17,18)16-13-6-8-19-10-13/h4-5,9,13,16H,6-8,10,15H2,1H3. The number of benzene rings is 1. The fourth-order valence-electron chi connectivity index (χ4n) is 2.03. The minimum absolute atomic E-state index is 0.170. The fraction of sp³-hybridized carbons (Fsp3) is 0.429. The molecule has 1 fully saturated rings. The van der Waals surface area contributed by atoms with Gasteiger partial charge in [-0.2, -0.15) is 0 Å². The summed E-state index contributed by atoms with van der Waals surface area (Å²) in [5.74, 6) is 5.52. The molecule has 0 spiro atoms. The third kappa shape index (κ3) is 3.58. The van der Waals surface area contributed by atoms with Gasteiger partial charge in [0.25, 0.3) is 0 Å². The van der Waals surface area contributed by atoms with Gasteiger partial charge in [-0.05, 0) is 31.0 Å². The zero-order valence-corrected chi connectivity index (χ0v) is 12.2. The second kappa shape index (κ2) is 6.37. The second-order valence-electron chi connectivity index (χ2n) is 4.69. The molecule has 20 heavy (non-hydrogen) atoms. The molecule has 1 unspecified atom stereocenters. The first kappa shape index (κ1) is 15.0. The summed E-state index contributed by atoms with van der Waals surface area (Å²) in [5, 5.41) is 0. The molecule has 1 atom stereocenters. The lowest BCUT2D eigenvalue weighted by atomic mass is 10.1. The Morgan fingerprint density at radius 2 is 2.30 bits per heavy atom. The van der Waals surface area contributed by atoms with E-state index in [1.165, 1.54) is 0 Å². The van der Waals surface area contributed by atoms with Crippen molar-refractivity contribution in [1.29, 1.82) is 0 Å². The summed E-state index contributed by atoms with van der Waals surface area (Å²) in [4.78, 5) is 0.191. The summed E-state index contributed by atoms with van der Waals surface area (Å²) in [6.45, 7) is 3.08. The molecule has 0 bridgehead atoms. The van der Waals surface area contributed by atoms with Gasteiger partial charge in [-0.3, -0.25) is 0 Å². The van der Waals surface area contributed by atoms with Crippen LogP contribution in [0.3, 0.4) is 0 Å². The summed E-state index contributed by atoms with van der Waals surface area (Å²) in [6.07, 6.45) is 0.689. The van der Waals surface area contributed by atoms with Crippen molar-refractivity contribution in [1.82, 2.24) is 4.72 Å². The lowest BCUT2D eigenvalue weighted by Gasteiger charge is -2.13. The number of ether oxygens (including phenoxy) is 1. The maximum atomic E-state index is 12.4. The van der Waals surface area contributed by atoms with E-state index in [0.29, 0.717) is 25.2 Å². The third-order valence-corrected chi connectivity index (χ3v) is 4.58. The van der Waals surface area contributed by atoms with Gasteiger partial charge in [0, 0.05) is 18.2 Å². The van der Waals surface area contributed by atoms with Crippen molar-refractivity contribution in [2.45, 2.75) is 24.3 Å². The van der Waals surface area contributed by atoms with E-state index in [9.17, 15) is 8.42 Å². The topological polar surface area (TPSA) is 81.4 Å². The first-order valence-corrected chi connectivity index (χ1v) is 7.91. The predicted octanol–water partition coefficient (Wildman–Crippen LogP) is 0.372. The van der Waals surface area contributed by atoms with Crippen molar-refractivity contribution < 1.29 is 13.2 Å². The molecule has 2 rings (SSSR count). The summed E-state index contributed by atoms with van der Waals surface area (Å²) < 4.78 is 32.7. The van der Waals surface area contributed by atoms with Gasteiger partial charge in [0.05, 0.1) is 18.0 Å². The number of aryl methyl sites for hydroxylation is 1. The smallest absolute Gasteiger partial charge is 0.242 e. The Kier molecular flexibility index (Phi) is 4.78. The predicted molar refractivity (Wildman–Crippen MR) is 76.7 cm³/mol. The van der Waals surface area contributed by atoms with Crippen molar-refractivity contribution in [3.8, 4) is 11.8 Å². The Balaban J connectivity index is 2.34. The molecule has 1 heterocycles. The molecule has 0 radical (unpaired) electrons. The van der Waals surface area contributed by atoms with Crippen molar-refractivity contribution in [3.63, 3.8) is 0 Å². The van der Waals surface area contributed by atoms with Gasteiger partial charge in [-0.25, -0.2) is 13.1 Å². The molecule has 0 aromatic heterocycles. The van der Waals surface area contributed by atoms with Crippen LogP contribution in [-0.2, 0) is 14.8 Å². The highest BCUT2D eigenvalue weighted by Gasteiger charge is 2.25.